The molecule has 7 heteroatoms. The first kappa shape index (κ1) is 15.4. The summed E-state index contributed by atoms with van der Waals surface area (Å²) >= 11 is 0. The van der Waals surface area contributed by atoms with Gasteiger partial charge in [0.1, 0.15) is 10.7 Å². The highest BCUT2D eigenvalue weighted by Gasteiger charge is 2.29. The second kappa shape index (κ2) is 5.79. The molecule has 0 aliphatic heterocycles. The summed E-state index contributed by atoms with van der Waals surface area (Å²) in [4.78, 5) is 3.70. The van der Waals surface area contributed by atoms with Crippen molar-refractivity contribution >= 4 is 15.7 Å². The first-order valence-corrected chi connectivity index (χ1v) is 7.71. The van der Waals surface area contributed by atoms with Crippen molar-refractivity contribution in [2.24, 2.45) is 0 Å². The van der Waals surface area contributed by atoms with Gasteiger partial charge in [-0.15, -0.1) is 0 Å². The number of sulfonamides is 1. The van der Waals surface area contributed by atoms with Crippen molar-refractivity contribution in [3.8, 4) is 0 Å². The Morgan fingerprint density at radius 1 is 1.29 bits per heavy atom. The van der Waals surface area contributed by atoms with Crippen LogP contribution in [0.2, 0.25) is 0 Å². The maximum atomic E-state index is 13.8. The largest absolute Gasteiger partial charge is 0.398 e. The highest BCUT2D eigenvalue weighted by molar-refractivity contribution is 7.89. The van der Waals surface area contributed by atoms with E-state index in [-0.39, 0.29) is 10.6 Å². The van der Waals surface area contributed by atoms with Crippen LogP contribution in [0.1, 0.15) is 18.5 Å². The topological polar surface area (TPSA) is 76.3 Å². The molecule has 0 aliphatic carbocycles. The Hall–Kier alpha value is -1.99. The first-order valence-electron chi connectivity index (χ1n) is 6.27. The molecule has 21 heavy (non-hydrogen) atoms. The van der Waals surface area contributed by atoms with Crippen molar-refractivity contribution in [3.05, 3.63) is 54.1 Å². The second-order valence-electron chi connectivity index (χ2n) is 4.63. The molecule has 1 aromatic heterocycles. The van der Waals surface area contributed by atoms with E-state index < -0.39 is 21.9 Å². The SMILES string of the molecule is CC(c1ccccc1F)N(C)S(=O)(=O)c1cnccc1N. The third kappa shape index (κ3) is 2.88. The monoisotopic (exact) mass is 309 g/mol. The van der Waals surface area contributed by atoms with E-state index in [0.717, 1.165) is 4.31 Å². The van der Waals surface area contributed by atoms with Crippen molar-refractivity contribution in [1.82, 2.24) is 9.29 Å². The number of anilines is 1. The lowest BCUT2D eigenvalue weighted by molar-refractivity contribution is 0.387. The minimum Gasteiger partial charge on any atom is -0.398 e. The fraction of sp³-hybridized carbons (Fsp3) is 0.214. The van der Waals surface area contributed by atoms with Crippen LogP contribution in [0.5, 0.6) is 0 Å². The van der Waals surface area contributed by atoms with Crippen LogP contribution in [0.15, 0.2) is 47.6 Å². The van der Waals surface area contributed by atoms with Gasteiger partial charge in [0, 0.05) is 31.0 Å². The molecule has 0 bridgehead atoms. The lowest BCUT2D eigenvalue weighted by Crippen LogP contribution is -2.31. The van der Waals surface area contributed by atoms with Gasteiger partial charge in [0.2, 0.25) is 10.0 Å². The third-order valence-corrected chi connectivity index (χ3v) is 5.35. The quantitative estimate of drug-likeness (QED) is 0.939. The smallest absolute Gasteiger partial charge is 0.246 e. The van der Waals surface area contributed by atoms with Gasteiger partial charge in [0.15, 0.2) is 0 Å². The fourth-order valence-electron chi connectivity index (χ4n) is 1.98. The van der Waals surface area contributed by atoms with E-state index in [0.29, 0.717) is 5.56 Å². The van der Waals surface area contributed by atoms with Crippen molar-refractivity contribution in [2.75, 3.05) is 12.8 Å². The summed E-state index contributed by atoms with van der Waals surface area (Å²) in [7, 11) is -2.47. The maximum absolute atomic E-state index is 13.8. The van der Waals surface area contributed by atoms with Crippen LogP contribution < -0.4 is 5.73 Å². The van der Waals surface area contributed by atoms with Gasteiger partial charge >= 0.3 is 0 Å². The van der Waals surface area contributed by atoms with Crippen LogP contribution in [0.3, 0.4) is 0 Å². The van der Waals surface area contributed by atoms with Gasteiger partial charge in [-0.05, 0) is 19.1 Å². The number of pyridine rings is 1. The lowest BCUT2D eigenvalue weighted by Gasteiger charge is -2.25. The number of hydrogen-bond donors (Lipinski definition) is 1. The molecule has 112 valence electrons. The highest BCUT2D eigenvalue weighted by atomic mass is 32.2. The molecule has 1 heterocycles. The number of aromatic nitrogens is 1. The summed E-state index contributed by atoms with van der Waals surface area (Å²) in [6.45, 7) is 1.61. The van der Waals surface area contributed by atoms with Gasteiger partial charge in [0.05, 0.1) is 5.69 Å². The predicted octanol–water partition coefficient (Wildman–Crippen LogP) is 2.18. The summed E-state index contributed by atoms with van der Waals surface area (Å²) in [5.41, 5.74) is 6.10. The standard InChI is InChI=1S/C14H16FN3O2S/c1-10(11-5-3-4-6-12(11)15)18(2)21(19,20)14-9-17-8-7-13(14)16/h3-10H,1-2H3,(H2,16,17). The van der Waals surface area contributed by atoms with E-state index in [1.807, 2.05) is 0 Å². The van der Waals surface area contributed by atoms with Gasteiger partial charge < -0.3 is 5.73 Å². The molecule has 0 fully saturated rings. The van der Waals surface area contributed by atoms with Gasteiger partial charge in [-0.1, -0.05) is 18.2 Å². The fourth-order valence-corrected chi connectivity index (χ4v) is 3.38. The van der Waals surface area contributed by atoms with E-state index in [2.05, 4.69) is 4.98 Å². The number of halogens is 1. The Morgan fingerprint density at radius 3 is 2.57 bits per heavy atom. The van der Waals surface area contributed by atoms with Crippen LogP contribution in [0, 0.1) is 5.82 Å². The predicted molar refractivity (Wildman–Crippen MR) is 78.4 cm³/mol. The maximum Gasteiger partial charge on any atom is 0.246 e. The molecule has 2 rings (SSSR count). The summed E-state index contributed by atoms with van der Waals surface area (Å²) < 4.78 is 40.0. The molecule has 0 amide bonds. The zero-order valence-corrected chi connectivity index (χ0v) is 12.5. The minimum atomic E-state index is -3.85. The Bertz CT molecular complexity index is 749. The molecule has 2 N–H and O–H groups in total. The number of nitrogen functional groups attached to an aromatic ring is 1. The number of nitrogens with two attached hydrogens (primary N) is 1. The molecule has 0 saturated carbocycles. The molecule has 0 saturated heterocycles. The van der Waals surface area contributed by atoms with Crippen LogP contribution in [0.4, 0.5) is 10.1 Å². The molecule has 1 atom stereocenters. The lowest BCUT2D eigenvalue weighted by atomic mass is 10.1. The second-order valence-corrected chi connectivity index (χ2v) is 6.60. The number of benzene rings is 1. The number of nitrogens with zero attached hydrogens (tertiary/aromatic N) is 2. The Kier molecular flexibility index (Phi) is 4.24. The van der Waals surface area contributed by atoms with E-state index in [4.69, 9.17) is 5.73 Å². The summed E-state index contributed by atoms with van der Waals surface area (Å²) in [6.07, 6.45) is 2.60. The Morgan fingerprint density at radius 2 is 1.95 bits per heavy atom. The molecule has 5 nitrogen and oxygen atoms in total. The van der Waals surface area contributed by atoms with Crippen LogP contribution in [0.25, 0.3) is 0 Å². The molecular weight excluding hydrogens is 293 g/mol. The van der Waals surface area contributed by atoms with E-state index in [1.165, 1.54) is 31.6 Å². The molecular formula is C14H16FN3O2S. The van der Waals surface area contributed by atoms with Crippen molar-refractivity contribution in [1.29, 1.82) is 0 Å². The van der Waals surface area contributed by atoms with Crippen LogP contribution >= 0.6 is 0 Å². The number of rotatable bonds is 4. The molecule has 0 radical (unpaired) electrons. The normalized spacial score (nSPS) is 13.3. The van der Waals surface area contributed by atoms with Gasteiger partial charge in [-0.3, -0.25) is 4.98 Å². The van der Waals surface area contributed by atoms with E-state index in [1.54, 1.807) is 25.1 Å². The Balaban J connectivity index is 2.42. The van der Waals surface area contributed by atoms with E-state index in [9.17, 15) is 12.8 Å². The molecule has 0 aliphatic rings. The Labute approximate surface area is 123 Å². The van der Waals surface area contributed by atoms with Gasteiger partial charge in [0.25, 0.3) is 0 Å². The average molecular weight is 309 g/mol. The molecule has 1 unspecified atom stereocenters. The third-order valence-electron chi connectivity index (χ3n) is 3.37. The molecule has 1 aromatic carbocycles. The molecule has 2 aromatic rings. The number of hydrogen-bond acceptors (Lipinski definition) is 4. The summed E-state index contributed by atoms with van der Waals surface area (Å²) in [6, 6.07) is 6.81. The van der Waals surface area contributed by atoms with Gasteiger partial charge in [-0.25, -0.2) is 12.8 Å². The average Bonchev–Trinajstić information content (AvgIpc) is 2.46. The zero-order valence-electron chi connectivity index (χ0n) is 11.7. The van der Waals surface area contributed by atoms with E-state index >= 15 is 0 Å². The summed E-state index contributed by atoms with van der Waals surface area (Å²) in [5, 5.41) is 0. The minimum absolute atomic E-state index is 0.0873. The molecule has 0 spiro atoms. The van der Waals surface area contributed by atoms with Gasteiger partial charge in [-0.2, -0.15) is 4.31 Å². The van der Waals surface area contributed by atoms with Crippen molar-refractivity contribution in [3.63, 3.8) is 0 Å². The summed E-state index contributed by atoms with van der Waals surface area (Å²) in [5.74, 6) is -0.453. The van der Waals surface area contributed by atoms with Crippen LogP contribution in [-0.2, 0) is 10.0 Å². The first-order chi connectivity index (χ1) is 9.85. The zero-order chi connectivity index (χ0) is 15.6. The van der Waals surface area contributed by atoms with Crippen molar-refractivity contribution < 1.29 is 12.8 Å². The highest BCUT2D eigenvalue weighted by Crippen LogP contribution is 2.28. The van der Waals surface area contributed by atoms with Crippen molar-refractivity contribution in [2.45, 2.75) is 17.9 Å². The van der Waals surface area contributed by atoms with Crippen LogP contribution in [-0.4, -0.2) is 24.8 Å².